The van der Waals surface area contributed by atoms with Crippen molar-refractivity contribution in [2.75, 3.05) is 11.1 Å². The number of carbonyl (C=O) groups is 1. The van der Waals surface area contributed by atoms with Gasteiger partial charge in [0.15, 0.2) is 5.16 Å². The van der Waals surface area contributed by atoms with Crippen LogP contribution in [0.1, 0.15) is 0 Å². The van der Waals surface area contributed by atoms with Crippen LogP contribution < -0.4 is 10.9 Å². The summed E-state index contributed by atoms with van der Waals surface area (Å²) in [5.74, 6) is -0.320. The zero-order valence-electron chi connectivity index (χ0n) is 18.4. The Bertz CT molecular complexity index is 1610. The summed E-state index contributed by atoms with van der Waals surface area (Å²) in [6.07, 6.45) is 0. The van der Waals surface area contributed by atoms with Gasteiger partial charge in [0.1, 0.15) is 4.83 Å². The predicted octanol–water partition coefficient (Wildman–Crippen LogP) is 7.81. The summed E-state index contributed by atoms with van der Waals surface area (Å²) in [5, 5.41) is 6.88. The second-order valence-electron chi connectivity index (χ2n) is 7.64. The van der Waals surface area contributed by atoms with E-state index in [9.17, 15) is 9.59 Å². The van der Waals surface area contributed by atoms with E-state index in [-0.39, 0.29) is 17.2 Å². The Morgan fingerprint density at radius 3 is 2.33 bits per heavy atom. The number of para-hydroxylation sites is 2. The summed E-state index contributed by atoms with van der Waals surface area (Å²) in [7, 11) is 0. The first-order valence-corrected chi connectivity index (χ1v) is 13.6. The number of carbonyl (C=O) groups excluding carboxylic acids is 1. The van der Waals surface area contributed by atoms with Crippen molar-refractivity contribution in [1.82, 2.24) is 9.55 Å². The molecule has 5 nitrogen and oxygen atoms in total. The molecule has 0 aliphatic heterocycles. The molecule has 0 bridgehead atoms. The third-order valence-electron chi connectivity index (χ3n) is 5.31. The minimum atomic E-state index is -0.322. The number of nitrogens with one attached hydrogen (secondary N) is 1. The Labute approximate surface area is 229 Å². The summed E-state index contributed by atoms with van der Waals surface area (Å²) in [5.41, 5.74) is 2.45. The van der Waals surface area contributed by atoms with E-state index < -0.39 is 0 Å². The predicted molar refractivity (Wildman–Crippen MR) is 151 cm³/mol. The van der Waals surface area contributed by atoms with Crippen molar-refractivity contribution in [2.45, 2.75) is 5.16 Å². The fourth-order valence-corrected chi connectivity index (χ4v) is 6.06. The van der Waals surface area contributed by atoms with Crippen molar-refractivity contribution >= 4 is 79.7 Å². The second kappa shape index (κ2) is 10.7. The molecule has 0 spiro atoms. The summed E-state index contributed by atoms with van der Waals surface area (Å²) in [6, 6.07) is 21.6. The third kappa shape index (κ3) is 5.03. The van der Waals surface area contributed by atoms with Crippen molar-refractivity contribution in [1.29, 1.82) is 0 Å². The monoisotopic (exact) mass is 571 g/mol. The maximum absolute atomic E-state index is 13.9. The number of hydrogen-bond acceptors (Lipinski definition) is 5. The van der Waals surface area contributed by atoms with E-state index in [1.807, 2.05) is 47.8 Å². The minimum absolute atomic E-state index is 0.00174. The quantitative estimate of drug-likeness (QED) is 0.166. The van der Waals surface area contributed by atoms with E-state index in [0.717, 1.165) is 22.9 Å². The Morgan fingerprint density at radius 2 is 1.64 bits per heavy atom. The Morgan fingerprint density at radius 1 is 0.944 bits per heavy atom. The number of nitrogens with zero attached hydrogens (tertiary/aromatic N) is 2. The number of fused-ring (bicyclic) bond motifs is 1. The topological polar surface area (TPSA) is 64.0 Å². The highest BCUT2D eigenvalue weighted by molar-refractivity contribution is 7.99. The number of thiophene rings is 1. The molecule has 2 heterocycles. The number of halogens is 3. The molecule has 3 aromatic carbocycles. The summed E-state index contributed by atoms with van der Waals surface area (Å²) >= 11 is 20.9. The highest BCUT2D eigenvalue weighted by Gasteiger charge is 2.20. The first-order valence-electron chi connectivity index (χ1n) is 10.6. The first kappa shape index (κ1) is 24.9. The maximum Gasteiger partial charge on any atom is 0.268 e. The molecule has 1 N–H and O–H groups in total. The smallest absolute Gasteiger partial charge is 0.268 e. The lowest BCUT2D eigenvalue weighted by molar-refractivity contribution is -0.113. The summed E-state index contributed by atoms with van der Waals surface area (Å²) in [4.78, 5) is 32.0. The van der Waals surface area contributed by atoms with Crippen LogP contribution in [-0.4, -0.2) is 21.2 Å². The fourth-order valence-electron chi connectivity index (χ4n) is 3.64. The average molecular weight is 573 g/mol. The lowest BCUT2D eigenvalue weighted by atomic mass is 10.1. The highest BCUT2D eigenvalue weighted by atomic mass is 35.5. The fraction of sp³-hybridized carbons (Fsp3) is 0.0385. The van der Waals surface area contributed by atoms with Gasteiger partial charge >= 0.3 is 0 Å². The van der Waals surface area contributed by atoms with Crippen LogP contribution in [0.25, 0.3) is 27.0 Å². The lowest BCUT2D eigenvalue weighted by Crippen LogP contribution is -2.22. The molecule has 5 rings (SSSR count). The summed E-state index contributed by atoms with van der Waals surface area (Å²) in [6.45, 7) is 0. The van der Waals surface area contributed by atoms with E-state index in [4.69, 9.17) is 39.8 Å². The average Bonchev–Trinajstić information content (AvgIpc) is 3.30. The number of rotatable bonds is 6. The third-order valence-corrected chi connectivity index (χ3v) is 8.00. The lowest BCUT2D eigenvalue weighted by Gasteiger charge is -2.13. The molecule has 0 aliphatic rings. The van der Waals surface area contributed by atoms with Crippen LogP contribution >= 0.6 is 57.9 Å². The first-order chi connectivity index (χ1) is 17.4. The van der Waals surface area contributed by atoms with Gasteiger partial charge < -0.3 is 5.32 Å². The van der Waals surface area contributed by atoms with Gasteiger partial charge in [0, 0.05) is 16.0 Å². The SMILES string of the molecule is O=C(CSc1nc2scc(-c3ccc(Cl)cc3)c2c(=O)n1-c1ccccc1)Nc1c(Cl)cccc1Cl. The standard InChI is InChI=1S/C26H16Cl3N3O2S2/c27-16-11-9-15(10-12-16)18-13-35-24-22(18)25(34)32(17-5-2-1-3-6-17)26(31-24)36-14-21(33)30-23-19(28)7-4-8-20(23)29/h1-13H,14H2,(H,30,33). The number of anilines is 1. The number of benzene rings is 3. The van der Waals surface area contributed by atoms with Gasteiger partial charge in [-0.3, -0.25) is 14.2 Å². The zero-order valence-corrected chi connectivity index (χ0v) is 22.3. The van der Waals surface area contributed by atoms with Crippen molar-refractivity contribution in [2.24, 2.45) is 0 Å². The van der Waals surface area contributed by atoms with E-state index >= 15 is 0 Å². The van der Waals surface area contributed by atoms with Crippen LogP contribution in [0.3, 0.4) is 0 Å². The highest BCUT2D eigenvalue weighted by Crippen LogP contribution is 2.34. The van der Waals surface area contributed by atoms with Crippen LogP contribution in [-0.2, 0) is 4.79 Å². The molecule has 0 atom stereocenters. The van der Waals surface area contributed by atoms with E-state index in [1.165, 1.54) is 15.9 Å². The number of thioether (sulfide) groups is 1. The van der Waals surface area contributed by atoms with Gasteiger partial charge in [-0.15, -0.1) is 11.3 Å². The Kier molecular flexibility index (Phi) is 7.37. The molecule has 1 amide bonds. The van der Waals surface area contributed by atoms with Gasteiger partial charge in [-0.05, 0) is 42.0 Å². The van der Waals surface area contributed by atoms with Crippen molar-refractivity contribution in [3.8, 4) is 16.8 Å². The molecule has 5 aromatic rings. The van der Waals surface area contributed by atoms with Crippen molar-refractivity contribution in [3.05, 3.63) is 104 Å². The van der Waals surface area contributed by atoms with Crippen LogP contribution in [0, 0.1) is 0 Å². The largest absolute Gasteiger partial charge is 0.323 e. The minimum Gasteiger partial charge on any atom is -0.323 e. The molecular formula is C26H16Cl3N3O2S2. The molecule has 10 heteroatoms. The molecule has 0 saturated heterocycles. The number of aromatic nitrogens is 2. The molecule has 0 aliphatic carbocycles. The molecule has 0 fully saturated rings. The molecule has 36 heavy (non-hydrogen) atoms. The maximum atomic E-state index is 13.9. The number of hydrogen-bond donors (Lipinski definition) is 1. The zero-order chi connectivity index (χ0) is 25.2. The molecule has 0 radical (unpaired) electrons. The van der Waals surface area contributed by atoms with E-state index in [0.29, 0.717) is 41.8 Å². The van der Waals surface area contributed by atoms with Crippen molar-refractivity contribution in [3.63, 3.8) is 0 Å². The van der Waals surface area contributed by atoms with Crippen LogP contribution in [0.2, 0.25) is 15.1 Å². The van der Waals surface area contributed by atoms with Gasteiger partial charge in [0.25, 0.3) is 5.56 Å². The van der Waals surface area contributed by atoms with Crippen molar-refractivity contribution < 1.29 is 4.79 Å². The molecule has 2 aromatic heterocycles. The number of amides is 1. The molecular weight excluding hydrogens is 557 g/mol. The van der Waals surface area contributed by atoms with Gasteiger partial charge in [-0.25, -0.2) is 4.98 Å². The van der Waals surface area contributed by atoms with Gasteiger partial charge in [-0.1, -0.05) is 83.0 Å². The normalized spacial score (nSPS) is 11.1. The molecule has 0 saturated carbocycles. The molecule has 0 unspecified atom stereocenters. The van der Waals surface area contributed by atoms with Gasteiger partial charge in [-0.2, -0.15) is 0 Å². The van der Waals surface area contributed by atoms with Crippen LogP contribution in [0.4, 0.5) is 5.69 Å². The van der Waals surface area contributed by atoms with Crippen LogP contribution in [0.5, 0.6) is 0 Å². The summed E-state index contributed by atoms with van der Waals surface area (Å²) < 4.78 is 1.54. The van der Waals surface area contributed by atoms with E-state index in [2.05, 4.69) is 5.32 Å². The Balaban J connectivity index is 1.54. The Hall–Kier alpha value is -2.81. The van der Waals surface area contributed by atoms with E-state index in [1.54, 1.807) is 30.3 Å². The van der Waals surface area contributed by atoms with Crippen LogP contribution in [0.15, 0.2) is 88.1 Å². The molecule has 180 valence electrons. The van der Waals surface area contributed by atoms with Gasteiger partial charge in [0.05, 0.1) is 32.6 Å². The second-order valence-corrected chi connectivity index (χ2v) is 10.7. The van der Waals surface area contributed by atoms with Gasteiger partial charge in [0.2, 0.25) is 5.91 Å².